The molecule has 0 atom stereocenters. The smallest absolute Gasteiger partial charge is 0.152 e. The van der Waals surface area contributed by atoms with Gasteiger partial charge in [-0.2, -0.15) is 0 Å². The Morgan fingerprint density at radius 1 is 1.55 bits per heavy atom. The fourth-order valence-corrected chi connectivity index (χ4v) is 1.000. The van der Waals surface area contributed by atoms with Gasteiger partial charge in [-0.05, 0) is 12.1 Å². The molecule has 0 saturated heterocycles. The number of pyridine rings is 1. The van der Waals surface area contributed by atoms with Crippen LogP contribution in [0.15, 0.2) is 29.0 Å². The van der Waals surface area contributed by atoms with Crippen molar-refractivity contribution in [1.29, 1.82) is 0 Å². The first-order valence-electron chi connectivity index (χ1n) is 3.33. The number of hydrogen-bond acceptors (Lipinski definition) is 3. The first kappa shape index (κ1) is 6.37. The molecule has 1 N–H and O–H groups in total. The van der Waals surface area contributed by atoms with Gasteiger partial charge in [-0.15, -0.1) is 0 Å². The van der Waals surface area contributed by atoms with Gasteiger partial charge >= 0.3 is 0 Å². The van der Waals surface area contributed by atoms with Gasteiger partial charge in [-0.3, -0.25) is 4.98 Å². The third kappa shape index (κ3) is 0.991. The number of furan rings is 1. The lowest BCUT2D eigenvalue weighted by molar-refractivity contribution is 0.277. The number of rotatable bonds is 1. The van der Waals surface area contributed by atoms with E-state index >= 15 is 0 Å². The highest BCUT2D eigenvalue weighted by Gasteiger charge is 1.97. The third-order valence-corrected chi connectivity index (χ3v) is 1.56. The minimum Gasteiger partial charge on any atom is -0.463 e. The third-order valence-electron chi connectivity index (χ3n) is 1.56. The quantitative estimate of drug-likeness (QED) is 0.665. The van der Waals surface area contributed by atoms with Gasteiger partial charge in [-0.1, -0.05) is 0 Å². The molecular weight excluding hydrogens is 142 g/mol. The molecule has 3 heteroatoms. The highest BCUT2D eigenvalue weighted by molar-refractivity contribution is 5.76. The Balaban J connectivity index is 2.67. The summed E-state index contributed by atoms with van der Waals surface area (Å²) in [5.74, 6) is 0. The maximum absolute atomic E-state index is 8.74. The summed E-state index contributed by atoms with van der Waals surface area (Å²) >= 11 is 0. The van der Waals surface area contributed by atoms with E-state index in [9.17, 15) is 0 Å². The summed E-state index contributed by atoms with van der Waals surface area (Å²) in [5.41, 5.74) is 1.42. The van der Waals surface area contributed by atoms with E-state index < -0.39 is 0 Å². The molecule has 0 aliphatic rings. The van der Waals surface area contributed by atoms with Crippen LogP contribution in [-0.2, 0) is 6.61 Å². The molecule has 11 heavy (non-hydrogen) atoms. The van der Waals surface area contributed by atoms with Crippen LogP contribution in [0.5, 0.6) is 0 Å². The molecule has 0 aliphatic heterocycles. The van der Waals surface area contributed by atoms with E-state index in [-0.39, 0.29) is 6.61 Å². The second kappa shape index (κ2) is 2.36. The van der Waals surface area contributed by atoms with E-state index in [1.807, 2.05) is 6.07 Å². The van der Waals surface area contributed by atoms with Crippen molar-refractivity contribution < 1.29 is 9.52 Å². The second-order valence-corrected chi connectivity index (χ2v) is 2.29. The summed E-state index contributed by atoms with van der Waals surface area (Å²) in [6, 6.07) is 3.65. The standard InChI is InChI=1S/C8H7NO2/c10-5-7-3-6-1-2-11-8(6)4-9-7/h1-4,10H,5H2. The van der Waals surface area contributed by atoms with Gasteiger partial charge in [0.05, 0.1) is 24.8 Å². The number of hydrogen-bond donors (Lipinski definition) is 1. The lowest BCUT2D eigenvalue weighted by atomic mass is 10.3. The zero-order chi connectivity index (χ0) is 7.68. The topological polar surface area (TPSA) is 46.3 Å². The van der Waals surface area contributed by atoms with Crippen LogP contribution >= 0.6 is 0 Å². The minimum atomic E-state index is -0.0267. The molecule has 56 valence electrons. The Bertz CT molecular complexity index is 367. The molecule has 2 aromatic heterocycles. The van der Waals surface area contributed by atoms with E-state index in [0.717, 1.165) is 11.0 Å². The molecule has 0 bridgehead atoms. The summed E-state index contributed by atoms with van der Waals surface area (Å²) in [5, 5.41) is 9.72. The van der Waals surface area contributed by atoms with Gasteiger partial charge in [0, 0.05) is 5.39 Å². The number of nitrogens with zero attached hydrogens (tertiary/aromatic N) is 1. The molecule has 0 unspecified atom stereocenters. The largest absolute Gasteiger partial charge is 0.463 e. The van der Waals surface area contributed by atoms with Crippen molar-refractivity contribution in [2.45, 2.75) is 6.61 Å². The zero-order valence-corrected chi connectivity index (χ0v) is 5.82. The number of aromatic nitrogens is 1. The van der Waals surface area contributed by atoms with Crippen LogP contribution in [0, 0.1) is 0 Å². The average molecular weight is 149 g/mol. The highest BCUT2D eigenvalue weighted by Crippen LogP contribution is 2.14. The first-order chi connectivity index (χ1) is 5.40. The predicted molar refractivity (Wildman–Crippen MR) is 39.9 cm³/mol. The molecule has 3 nitrogen and oxygen atoms in total. The lowest BCUT2D eigenvalue weighted by Gasteiger charge is -1.92. The van der Waals surface area contributed by atoms with Gasteiger partial charge in [0.1, 0.15) is 0 Å². The summed E-state index contributed by atoms with van der Waals surface area (Å²) in [7, 11) is 0. The summed E-state index contributed by atoms with van der Waals surface area (Å²) in [4.78, 5) is 3.95. The van der Waals surface area contributed by atoms with Crippen LogP contribution in [0.4, 0.5) is 0 Å². The average Bonchev–Trinajstić information content (AvgIpc) is 2.50. The molecular formula is C8H7NO2. The van der Waals surface area contributed by atoms with Crippen LogP contribution in [0.2, 0.25) is 0 Å². The molecule has 2 heterocycles. The van der Waals surface area contributed by atoms with Crippen LogP contribution in [0.1, 0.15) is 5.69 Å². The molecule has 2 aromatic rings. The molecule has 0 fully saturated rings. The van der Waals surface area contributed by atoms with E-state index in [4.69, 9.17) is 9.52 Å². The second-order valence-electron chi connectivity index (χ2n) is 2.29. The molecule has 2 rings (SSSR count). The van der Waals surface area contributed by atoms with Crippen molar-refractivity contribution in [2.24, 2.45) is 0 Å². The van der Waals surface area contributed by atoms with E-state index in [2.05, 4.69) is 4.98 Å². The number of aliphatic hydroxyl groups is 1. The van der Waals surface area contributed by atoms with E-state index in [1.54, 1.807) is 18.5 Å². The van der Waals surface area contributed by atoms with Gasteiger partial charge in [0.15, 0.2) is 5.58 Å². The fourth-order valence-electron chi connectivity index (χ4n) is 1.000. The molecule has 0 aliphatic carbocycles. The van der Waals surface area contributed by atoms with Crippen molar-refractivity contribution in [3.8, 4) is 0 Å². The van der Waals surface area contributed by atoms with Gasteiger partial charge in [0.2, 0.25) is 0 Å². The zero-order valence-electron chi connectivity index (χ0n) is 5.82. The van der Waals surface area contributed by atoms with Crippen molar-refractivity contribution >= 4 is 11.0 Å². The fraction of sp³-hybridized carbons (Fsp3) is 0.125. The van der Waals surface area contributed by atoms with Gasteiger partial charge < -0.3 is 9.52 Å². The van der Waals surface area contributed by atoms with Crippen molar-refractivity contribution in [2.75, 3.05) is 0 Å². The lowest BCUT2D eigenvalue weighted by Crippen LogP contribution is -1.85. The normalized spacial score (nSPS) is 10.6. The maximum Gasteiger partial charge on any atom is 0.152 e. The SMILES string of the molecule is OCc1cc2ccoc2cn1. The summed E-state index contributed by atoms with van der Waals surface area (Å²) < 4.78 is 5.07. The number of fused-ring (bicyclic) bond motifs is 1. The maximum atomic E-state index is 8.74. The van der Waals surface area contributed by atoms with Crippen molar-refractivity contribution in [3.05, 3.63) is 30.3 Å². The Hall–Kier alpha value is -1.35. The van der Waals surface area contributed by atoms with Crippen molar-refractivity contribution in [3.63, 3.8) is 0 Å². The van der Waals surface area contributed by atoms with Crippen LogP contribution in [-0.4, -0.2) is 10.1 Å². The highest BCUT2D eigenvalue weighted by atomic mass is 16.3. The van der Waals surface area contributed by atoms with Gasteiger partial charge in [0.25, 0.3) is 0 Å². The Morgan fingerprint density at radius 2 is 2.45 bits per heavy atom. The summed E-state index contributed by atoms with van der Waals surface area (Å²) in [6.45, 7) is -0.0267. The van der Waals surface area contributed by atoms with Crippen LogP contribution in [0.25, 0.3) is 11.0 Å². The molecule has 0 aromatic carbocycles. The molecule has 0 radical (unpaired) electrons. The van der Waals surface area contributed by atoms with Crippen molar-refractivity contribution in [1.82, 2.24) is 4.98 Å². The van der Waals surface area contributed by atoms with Gasteiger partial charge in [-0.25, -0.2) is 0 Å². The number of aliphatic hydroxyl groups excluding tert-OH is 1. The summed E-state index contributed by atoms with van der Waals surface area (Å²) in [6.07, 6.45) is 3.22. The van der Waals surface area contributed by atoms with E-state index in [1.165, 1.54) is 0 Å². The monoisotopic (exact) mass is 149 g/mol. The van der Waals surface area contributed by atoms with Crippen LogP contribution in [0.3, 0.4) is 0 Å². The van der Waals surface area contributed by atoms with Crippen LogP contribution < -0.4 is 0 Å². The first-order valence-corrected chi connectivity index (χ1v) is 3.33. The Labute approximate surface area is 63.3 Å². The molecule has 0 spiro atoms. The minimum absolute atomic E-state index is 0.0267. The Kier molecular flexibility index (Phi) is 1.36. The predicted octanol–water partition coefficient (Wildman–Crippen LogP) is 1.32. The van der Waals surface area contributed by atoms with E-state index in [0.29, 0.717) is 5.69 Å². The molecule has 0 amide bonds. The Morgan fingerprint density at radius 3 is 3.27 bits per heavy atom. The molecule has 0 saturated carbocycles.